The van der Waals surface area contributed by atoms with Crippen LogP contribution in [0.2, 0.25) is 0 Å². The Hall–Kier alpha value is -2.44. The molecule has 0 unspecified atom stereocenters. The molecule has 1 heterocycles. The van der Waals surface area contributed by atoms with E-state index >= 15 is 0 Å². The number of aromatic carboxylic acids is 1. The number of aromatic nitrogens is 1. The molecule has 1 N–H and O–H groups in total. The SMILES string of the molecule is COc1c(F)ccc2c(=O)c(C(=O)O)cn([C@@H]3C[C@H]3F)c12. The monoisotopic (exact) mass is 295 g/mol. The summed E-state index contributed by atoms with van der Waals surface area (Å²) in [6.07, 6.45) is 0.0981. The summed E-state index contributed by atoms with van der Waals surface area (Å²) < 4.78 is 33.4. The second kappa shape index (κ2) is 4.54. The quantitative estimate of drug-likeness (QED) is 0.942. The van der Waals surface area contributed by atoms with E-state index in [1.807, 2.05) is 0 Å². The minimum absolute atomic E-state index is 0.00718. The van der Waals surface area contributed by atoms with Crippen molar-refractivity contribution in [3.63, 3.8) is 0 Å². The van der Waals surface area contributed by atoms with Gasteiger partial charge in [-0.15, -0.1) is 0 Å². The van der Waals surface area contributed by atoms with E-state index in [0.29, 0.717) is 0 Å². The zero-order valence-electron chi connectivity index (χ0n) is 11.0. The first-order chi connectivity index (χ1) is 9.95. The maximum atomic E-state index is 13.8. The Bertz CT molecular complexity index is 815. The number of methoxy groups -OCH3 is 1. The number of carbonyl (C=O) groups is 1. The molecular formula is C14H11F2NO4. The van der Waals surface area contributed by atoms with Gasteiger partial charge in [-0.1, -0.05) is 0 Å². The van der Waals surface area contributed by atoms with E-state index in [1.165, 1.54) is 17.7 Å². The molecular weight excluding hydrogens is 284 g/mol. The molecule has 21 heavy (non-hydrogen) atoms. The van der Waals surface area contributed by atoms with Crippen molar-refractivity contribution in [1.82, 2.24) is 4.57 Å². The molecule has 2 aromatic rings. The van der Waals surface area contributed by atoms with Crippen molar-refractivity contribution in [2.45, 2.75) is 18.6 Å². The number of hydrogen-bond donors (Lipinski definition) is 1. The van der Waals surface area contributed by atoms with Gasteiger partial charge in [0.2, 0.25) is 5.43 Å². The van der Waals surface area contributed by atoms with E-state index in [4.69, 9.17) is 9.84 Å². The van der Waals surface area contributed by atoms with Crippen molar-refractivity contribution in [3.8, 4) is 5.75 Å². The molecule has 0 radical (unpaired) electrons. The second-order valence-electron chi connectivity index (χ2n) is 4.88. The number of alkyl halides is 1. The molecule has 1 saturated carbocycles. The molecule has 0 aliphatic heterocycles. The lowest BCUT2D eigenvalue weighted by molar-refractivity contribution is 0.0694. The largest absolute Gasteiger partial charge is 0.492 e. The third-order valence-electron chi connectivity index (χ3n) is 3.57. The first kappa shape index (κ1) is 13.5. The van der Waals surface area contributed by atoms with E-state index in [0.717, 1.165) is 12.3 Å². The summed E-state index contributed by atoms with van der Waals surface area (Å²) >= 11 is 0. The van der Waals surface area contributed by atoms with Crippen LogP contribution in [0.25, 0.3) is 10.9 Å². The van der Waals surface area contributed by atoms with Crippen molar-refractivity contribution in [3.05, 3.63) is 39.9 Å². The number of benzene rings is 1. The Kier molecular flexibility index (Phi) is 2.93. The smallest absolute Gasteiger partial charge is 0.341 e. The minimum Gasteiger partial charge on any atom is -0.492 e. The molecule has 0 bridgehead atoms. The van der Waals surface area contributed by atoms with Crippen molar-refractivity contribution >= 4 is 16.9 Å². The van der Waals surface area contributed by atoms with Crippen molar-refractivity contribution in [1.29, 1.82) is 0 Å². The standard InChI is InChI=1S/C14H11F2NO4/c1-21-13-8(15)3-2-6-11(13)17(10-4-9(10)16)5-7(12(6)18)14(19)20/h2-3,5,9-10H,4H2,1H3,(H,19,20)/t9-,10-/m1/s1. The zero-order chi connectivity index (χ0) is 15.3. The fourth-order valence-corrected chi connectivity index (χ4v) is 2.44. The van der Waals surface area contributed by atoms with Gasteiger partial charge in [-0.3, -0.25) is 4.79 Å². The summed E-state index contributed by atoms with van der Waals surface area (Å²) in [5.41, 5.74) is -1.14. The molecule has 3 rings (SSSR count). The maximum Gasteiger partial charge on any atom is 0.341 e. The van der Waals surface area contributed by atoms with E-state index in [1.54, 1.807) is 0 Å². The van der Waals surface area contributed by atoms with Gasteiger partial charge in [-0.05, 0) is 12.1 Å². The second-order valence-corrected chi connectivity index (χ2v) is 4.88. The van der Waals surface area contributed by atoms with Crippen LogP contribution in [-0.2, 0) is 0 Å². The lowest BCUT2D eigenvalue weighted by Gasteiger charge is -2.14. The summed E-state index contributed by atoms with van der Waals surface area (Å²) in [4.78, 5) is 23.3. The average molecular weight is 295 g/mol. The van der Waals surface area contributed by atoms with Crippen LogP contribution in [0.1, 0.15) is 22.8 Å². The van der Waals surface area contributed by atoms with E-state index < -0.39 is 35.0 Å². The minimum atomic E-state index is -1.41. The summed E-state index contributed by atoms with van der Waals surface area (Å²) in [5.74, 6) is -2.30. The van der Waals surface area contributed by atoms with E-state index in [-0.39, 0.29) is 23.1 Å². The number of rotatable bonds is 3. The Balaban J connectivity index is 2.46. The van der Waals surface area contributed by atoms with Crippen LogP contribution in [0.4, 0.5) is 8.78 Å². The number of carboxylic acid groups (broad SMARTS) is 1. The molecule has 5 nitrogen and oxygen atoms in total. The average Bonchev–Trinajstić information content (AvgIpc) is 3.15. The third-order valence-corrected chi connectivity index (χ3v) is 3.57. The lowest BCUT2D eigenvalue weighted by Crippen LogP contribution is -2.19. The van der Waals surface area contributed by atoms with Gasteiger partial charge in [0.15, 0.2) is 11.6 Å². The number of carboxylic acids is 1. The molecule has 1 aromatic carbocycles. The van der Waals surface area contributed by atoms with Crippen molar-refractivity contribution in [2.75, 3.05) is 7.11 Å². The van der Waals surface area contributed by atoms with E-state index in [9.17, 15) is 18.4 Å². The molecule has 110 valence electrons. The van der Waals surface area contributed by atoms with Crippen LogP contribution in [-0.4, -0.2) is 28.9 Å². The van der Waals surface area contributed by atoms with Gasteiger partial charge in [0.1, 0.15) is 11.7 Å². The van der Waals surface area contributed by atoms with Gasteiger partial charge < -0.3 is 14.4 Å². The summed E-state index contributed by atoms with van der Waals surface area (Å²) in [7, 11) is 1.23. The van der Waals surface area contributed by atoms with Crippen LogP contribution >= 0.6 is 0 Å². The van der Waals surface area contributed by atoms with Gasteiger partial charge in [0.25, 0.3) is 0 Å². The number of halogens is 2. The summed E-state index contributed by atoms with van der Waals surface area (Å²) in [6, 6.07) is 1.61. The predicted octanol–water partition coefficient (Wildman–Crippen LogP) is 2.13. The third kappa shape index (κ3) is 1.96. The highest BCUT2D eigenvalue weighted by atomic mass is 19.1. The Morgan fingerprint density at radius 2 is 2.14 bits per heavy atom. The number of ether oxygens (including phenoxy) is 1. The Morgan fingerprint density at radius 3 is 2.67 bits per heavy atom. The Labute approximate surface area is 117 Å². The molecule has 2 atom stereocenters. The maximum absolute atomic E-state index is 13.8. The van der Waals surface area contributed by atoms with Gasteiger partial charge in [-0.25, -0.2) is 13.6 Å². The topological polar surface area (TPSA) is 68.5 Å². The number of pyridine rings is 1. The van der Waals surface area contributed by atoms with Crippen LogP contribution < -0.4 is 10.2 Å². The summed E-state index contributed by atoms with van der Waals surface area (Å²) in [6.45, 7) is 0. The highest BCUT2D eigenvalue weighted by Gasteiger charge is 2.40. The zero-order valence-corrected chi connectivity index (χ0v) is 11.0. The molecule has 0 amide bonds. The van der Waals surface area contributed by atoms with Gasteiger partial charge in [-0.2, -0.15) is 0 Å². The molecule has 1 aliphatic carbocycles. The molecule has 1 aromatic heterocycles. The lowest BCUT2D eigenvalue weighted by atomic mass is 10.1. The van der Waals surface area contributed by atoms with Gasteiger partial charge in [0, 0.05) is 12.6 Å². The Morgan fingerprint density at radius 1 is 1.48 bits per heavy atom. The molecule has 0 spiro atoms. The number of nitrogens with zero attached hydrogens (tertiary/aromatic N) is 1. The number of hydrogen-bond acceptors (Lipinski definition) is 3. The molecule has 7 heteroatoms. The van der Waals surface area contributed by atoms with E-state index in [2.05, 4.69) is 0 Å². The van der Waals surface area contributed by atoms with Crippen LogP contribution in [0.3, 0.4) is 0 Å². The highest BCUT2D eigenvalue weighted by Crippen LogP contribution is 2.42. The summed E-state index contributed by atoms with van der Waals surface area (Å²) in [5, 5.41) is 9.08. The molecule has 1 fully saturated rings. The highest BCUT2D eigenvalue weighted by molar-refractivity contribution is 5.94. The van der Waals surface area contributed by atoms with Crippen LogP contribution in [0.15, 0.2) is 23.1 Å². The van der Waals surface area contributed by atoms with Gasteiger partial charge in [0.05, 0.1) is 24.1 Å². The first-order valence-corrected chi connectivity index (χ1v) is 6.24. The molecule has 1 aliphatic rings. The van der Waals surface area contributed by atoms with Crippen LogP contribution in [0, 0.1) is 5.82 Å². The van der Waals surface area contributed by atoms with Gasteiger partial charge >= 0.3 is 5.97 Å². The van der Waals surface area contributed by atoms with Crippen LogP contribution in [0.5, 0.6) is 5.75 Å². The predicted molar refractivity (Wildman–Crippen MR) is 70.2 cm³/mol. The van der Waals surface area contributed by atoms with Crippen molar-refractivity contribution < 1.29 is 23.4 Å². The van der Waals surface area contributed by atoms with Crippen molar-refractivity contribution in [2.24, 2.45) is 0 Å². The first-order valence-electron chi connectivity index (χ1n) is 6.24. The fraction of sp³-hybridized carbons (Fsp3) is 0.286. The normalized spacial score (nSPS) is 20.5. The fourth-order valence-electron chi connectivity index (χ4n) is 2.44. The number of fused-ring (bicyclic) bond motifs is 1. The molecule has 0 saturated heterocycles.